The van der Waals surface area contributed by atoms with Gasteiger partial charge in [0.15, 0.2) is 5.65 Å². The van der Waals surface area contributed by atoms with Gasteiger partial charge in [0.1, 0.15) is 5.69 Å². The van der Waals surface area contributed by atoms with E-state index in [9.17, 15) is 5.11 Å². The zero-order valence-corrected chi connectivity index (χ0v) is 12.9. The standard InChI is InChI=1S/C15H13N5O.ClH/c1-9-15(21)20-13-5-10(11-6-17-19(2)8-11)3-4-12(13)16-7-14(20)18-9;/h3-8,21H,1-2H3;1H. The van der Waals surface area contributed by atoms with Crippen molar-refractivity contribution in [3.05, 3.63) is 42.5 Å². The van der Waals surface area contributed by atoms with Gasteiger partial charge in [-0.25, -0.2) is 4.98 Å². The van der Waals surface area contributed by atoms with Crippen molar-refractivity contribution < 1.29 is 5.11 Å². The number of benzene rings is 1. The number of nitrogens with zero attached hydrogens (tertiary/aromatic N) is 5. The Balaban J connectivity index is 0.00000144. The monoisotopic (exact) mass is 315 g/mol. The quantitative estimate of drug-likeness (QED) is 0.586. The van der Waals surface area contributed by atoms with Crippen LogP contribution in [0, 0.1) is 6.92 Å². The van der Waals surface area contributed by atoms with Crippen LogP contribution in [0.15, 0.2) is 36.8 Å². The Kier molecular flexibility index (Phi) is 3.26. The minimum atomic E-state index is 0. The van der Waals surface area contributed by atoms with Gasteiger partial charge in [0.25, 0.3) is 0 Å². The van der Waals surface area contributed by atoms with Crippen LogP contribution in [0.25, 0.3) is 27.8 Å². The highest BCUT2D eigenvalue weighted by atomic mass is 35.5. The van der Waals surface area contributed by atoms with E-state index < -0.39 is 0 Å². The number of hydrogen-bond donors (Lipinski definition) is 1. The lowest BCUT2D eigenvalue weighted by atomic mass is 10.1. The van der Waals surface area contributed by atoms with E-state index in [2.05, 4.69) is 15.1 Å². The summed E-state index contributed by atoms with van der Waals surface area (Å²) >= 11 is 0. The topological polar surface area (TPSA) is 68.2 Å². The third kappa shape index (κ3) is 2.00. The van der Waals surface area contributed by atoms with Gasteiger partial charge < -0.3 is 5.11 Å². The van der Waals surface area contributed by atoms with E-state index in [0.717, 1.165) is 22.2 Å². The average molecular weight is 316 g/mol. The fourth-order valence-electron chi connectivity index (χ4n) is 2.56. The van der Waals surface area contributed by atoms with Gasteiger partial charge in [-0.2, -0.15) is 5.10 Å². The first kappa shape index (κ1) is 14.3. The molecule has 4 aromatic rings. The highest BCUT2D eigenvalue weighted by Gasteiger charge is 2.12. The molecule has 4 rings (SSSR count). The number of rotatable bonds is 1. The number of halogens is 1. The maximum Gasteiger partial charge on any atom is 0.219 e. The molecule has 0 spiro atoms. The van der Waals surface area contributed by atoms with Crippen molar-refractivity contribution in [1.29, 1.82) is 0 Å². The number of fused-ring (bicyclic) bond motifs is 3. The molecule has 1 N–H and O–H groups in total. The van der Waals surface area contributed by atoms with Crippen molar-refractivity contribution in [2.24, 2.45) is 7.05 Å². The molecule has 1 aromatic carbocycles. The molecule has 0 saturated carbocycles. The summed E-state index contributed by atoms with van der Waals surface area (Å²) in [5, 5.41) is 14.4. The lowest BCUT2D eigenvalue weighted by Crippen LogP contribution is -1.91. The Hall–Kier alpha value is -2.60. The first-order chi connectivity index (χ1) is 10.1. The summed E-state index contributed by atoms with van der Waals surface area (Å²) in [6.07, 6.45) is 5.43. The minimum absolute atomic E-state index is 0. The highest BCUT2D eigenvalue weighted by molar-refractivity contribution is 5.85. The second-order valence-electron chi connectivity index (χ2n) is 5.08. The predicted octanol–water partition coefficient (Wildman–Crippen LogP) is 2.72. The second-order valence-corrected chi connectivity index (χ2v) is 5.08. The molecule has 6 nitrogen and oxygen atoms in total. The van der Waals surface area contributed by atoms with Crippen LogP contribution in [-0.2, 0) is 7.05 Å². The normalized spacial score (nSPS) is 11.0. The molecule has 0 atom stereocenters. The Morgan fingerprint density at radius 3 is 2.68 bits per heavy atom. The van der Waals surface area contributed by atoms with Crippen molar-refractivity contribution in [2.75, 3.05) is 0 Å². The molecular weight excluding hydrogens is 302 g/mol. The van der Waals surface area contributed by atoms with E-state index in [1.165, 1.54) is 0 Å². The molecule has 3 aromatic heterocycles. The van der Waals surface area contributed by atoms with Gasteiger partial charge in [-0.1, -0.05) is 6.07 Å². The number of hydrogen-bond acceptors (Lipinski definition) is 4. The van der Waals surface area contributed by atoms with Gasteiger partial charge in [-0.3, -0.25) is 14.1 Å². The van der Waals surface area contributed by atoms with Crippen LogP contribution < -0.4 is 0 Å². The Morgan fingerprint density at radius 1 is 1.14 bits per heavy atom. The van der Waals surface area contributed by atoms with Crippen molar-refractivity contribution in [1.82, 2.24) is 24.1 Å². The lowest BCUT2D eigenvalue weighted by molar-refractivity contribution is 0.446. The van der Waals surface area contributed by atoms with Crippen molar-refractivity contribution in [3.8, 4) is 17.0 Å². The van der Waals surface area contributed by atoms with Crippen LogP contribution in [0.4, 0.5) is 0 Å². The lowest BCUT2D eigenvalue weighted by Gasteiger charge is -2.05. The van der Waals surface area contributed by atoms with Gasteiger partial charge in [-0.05, 0) is 24.6 Å². The van der Waals surface area contributed by atoms with E-state index in [-0.39, 0.29) is 18.3 Å². The summed E-state index contributed by atoms with van der Waals surface area (Å²) in [5.74, 6) is 0.153. The van der Waals surface area contributed by atoms with Gasteiger partial charge in [0, 0.05) is 18.8 Å². The minimum Gasteiger partial charge on any atom is -0.493 e. The smallest absolute Gasteiger partial charge is 0.219 e. The van der Waals surface area contributed by atoms with Gasteiger partial charge in [-0.15, -0.1) is 12.4 Å². The molecule has 7 heteroatoms. The summed E-state index contributed by atoms with van der Waals surface area (Å²) < 4.78 is 3.48. The Morgan fingerprint density at radius 2 is 1.95 bits per heavy atom. The van der Waals surface area contributed by atoms with Crippen molar-refractivity contribution in [3.63, 3.8) is 0 Å². The zero-order valence-electron chi connectivity index (χ0n) is 12.1. The maximum atomic E-state index is 10.2. The van der Waals surface area contributed by atoms with E-state index in [4.69, 9.17) is 0 Å². The Bertz CT molecular complexity index is 988. The molecule has 22 heavy (non-hydrogen) atoms. The molecule has 112 valence electrons. The van der Waals surface area contributed by atoms with Crippen LogP contribution >= 0.6 is 12.4 Å². The summed E-state index contributed by atoms with van der Waals surface area (Å²) in [4.78, 5) is 8.69. The molecule has 0 aliphatic carbocycles. The molecule has 0 aliphatic rings. The molecule has 0 bridgehead atoms. The molecule has 0 aliphatic heterocycles. The van der Waals surface area contributed by atoms with Crippen molar-refractivity contribution in [2.45, 2.75) is 6.92 Å². The molecule has 0 amide bonds. The molecule has 0 saturated heterocycles. The number of aromatic hydroxyl groups is 1. The largest absolute Gasteiger partial charge is 0.493 e. The van der Waals surface area contributed by atoms with Crippen LogP contribution in [-0.4, -0.2) is 29.3 Å². The van der Waals surface area contributed by atoms with Crippen LogP contribution in [0.2, 0.25) is 0 Å². The molecule has 0 fully saturated rings. The van der Waals surface area contributed by atoms with Gasteiger partial charge in [0.05, 0.1) is 23.4 Å². The molecule has 3 heterocycles. The molecule has 0 radical (unpaired) electrons. The Labute approximate surface area is 132 Å². The fourth-order valence-corrected chi connectivity index (χ4v) is 2.56. The average Bonchev–Trinajstić information content (AvgIpc) is 3.03. The predicted molar refractivity (Wildman–Crippen MR) is 86.3 cm³/mol. The first-order valence-electron chi connectivity index (χ1n) is 6.59. The summed E-state index contributed by atoms with van der Waals surface area (Å²) in [5.41, 5.74) is 4.91. The highest BCUT2D eigenvalue weighted by Crippen LogP contribution is 2.27. The zero-order chi connectivity index (χ0) is 14.6. The first-order valence-corrected chi connectivity index (χ1v) is 6.59. The van der Waals surface area contributed by atoms with E-state index >= 15 is 0 Å². The van der Waals surface area contributed by atoms with Crippen molar-refractivity contribution >= 4 is 29.1 Å². The van der Waals surface area contributed by atoms with Crippen LogP contribution in [0.3, 0.4) is 0 Å². The third-order valence-corrected chi connectivity index (χ3v) is 3.62. The summed E-state index contributed by atoms with van der Waals surface area (Å²) in [6.45, 7) is 1.78. The molecule has 0 unspecified atom stereocenters. The molecular formula is C15H14ClN5O. The fraction of sp³-hybridized carbons (Fsp3) is 0.133. The van der Waals surface area contributed by atoms with E-state index in [1.807, 2.05) is 37.6 Å². The van der Waals surface area contributed by atoms with Gasteiger partial charge >= 0.3 is 0 Å². The maximum absolute atomic E-state index is 10.2. The van der Waals surface area contributed by atoms with E-state index in [1.54, 1.807) is 22.2 Å². The summed E-state index contributed by atoms with van der Waals surface area (Å²) in [6, 6.07) is 5.93. The summed E-state index contributed by atoms with van der Waals surface area (Å²) in [7, 11) is 1.88. The van der Waals surface area contributed by atoms with Crippen LogP contribution in [0.5, 0.6) is 5.88 Å². The van der Waals surface area contributed by atoms with Crippen LogP contribution in [0.1, 0.15) is 5.69 Å². The van der Waals surface area contributed by atoms with E-state index in [0.29, 0.717) is 11.3 Å². The number of imidazole rings is 1. The SMILES string of the molecule is Cc1nc2cnc3ccc(-c4cnn(C)c4)cc3n2c1O.Cl. The number of aromatic nitrogens is 5. The third-order valence-electron chi connectivity index (χ3n) is 3.62. The number of aryl methyl sites for hydroxylation is 2. The van der Waals surface area contributed by atoms with Gasteiger partial charge in [0.2, 0.25) is 5.88 Å². The second kappa shape index (κ2) is 4.99.